The molecule has 3 aromatic rings. The molecule has 0 saturated carbocycles. The number of para-hydroxylation sites is 2. The average Bonchev–Trinajstić information content (AvgIpc) is 3.23. The second kappa shape index (κ2) is 7.23. The third-order valence-corrected chi connectivity index (χ3v) is 5.39. The third kappa shape index (κ3) is 3.19. The first-order chi connectivity index (χ1) is 12.8. The van der Waals surface area contributed by atoms with Crippen molar-refractivity contribution in [2.45, 2.75) is 12.2 Å². The molecule has 2 heterocycles. The molecule has 0 bridgehead atoms. The zero-order valence-electron chi connectivity index (χ0n) is 14.3. The Morgan fingerprint density at radius 2 is 1.73 bits per heavy atom. The Labute approximate surface area is 156 Å². The van der Waals surface area contributed by atoms with Gasteiger partial charge in [0.2, 0.25) is 0 Å². The summed E-state index contributed by atoms with van der Waals surface area (Å²) in [4.78, 5) is 1.16. The molecule has 132 valence electrons. The van der Waals surface area contributed by atoms with Gasteiger partial charge in [-0.15, -0.1) is 11.3 Å². The van der Waals surface area contributed by atoms with Crippen LogP contribution in [0.5, 0.6) is 11.5 Å². The van der Waals surface area contributed by atoms with Crippen molar-refractivity contribution < 1.29 is 9.84 Å². The summed E-state index contributed by atoms with van der Waals surface area (Å²) in [6, 6.07) is 19.4. The third-order valence-electron chi connectivity index (χ3n) is 4.49. The molecular formula is C21H20N2O2S. The van der Waals surface area contributed by atoms with E-state index in [1.165, 1.54) is 0 Å². The smallest absolute Gasteiger partial charge is 0.125 e. The largest absolute Gasteiger partial charge is 0.508 e. The van der Waals surface area contributed by atoms with Gasteiger partial charge in [-0.3, -0.25) is 5.32 Å². The summed E-state index contributed by atoms with van der Waals surface area (Å²) in [5, 5.41) is 19.5. The van der Waals surface area contributed by atoms with E-state index in [0.29, 0.717) is 0 Å². The lowest BCUT2D eigenvalue weighted by Crippen LogP contribution is -2.39. The number of phenolic OH excluding ortho intramolecular Hbond substituents is 1. The first-order valence-electron chi connectivity index (χ1n) is 8.45. The minimum absolute atomic E-state index is 0.121. The van der Waals surface area contributed by atoms with Gasteiger partial charge >= 0.3 is 0 Å². The second-order valence-electron chi connectivity index (χ2n) is 6.08. The van der Waals surface area contributed by atoms with E-state index in [1.54, 1.807) is 24.5 Å². The Balaban J connectivity index is 1.77. The fraction of sp³-hybridized carbons (Fsp3) is 0.143. The van der Waals surface area contributed by atoms with Crippen LogP contribution in [-0.4, -0.2) is 12.2 Å². The van der Waals surface area contributed by atoms with Crippen molar-refractivity contribution >= 4 is 17.0 Å². The highest BCUT2D eigenvalue weighted by Gasteiger charge is 2.27. The van der Waals surface area contributed by atoms with Crippen molar-refractivity contribution in [3.05, 3.63) is 88.1 Å². The number of hydrogen-bond acceptors (Lipinski definition) is 5. The first kappa shape index (κ1) is 16.7. The molecule has 3 N–H and O–H groups in total. The summed E-state index contributed by atoms with van der Waals surface area (Å²) in [6.45, 7) is 0. The van der Waals surface area contributed by atoms with Crippen LogP contribution in [0.3, 0.4) is 0 Å². The summed E-state index contributed by atoms with van der Waals surface area (Å²) in [6.07, 6.45) is 1.98. The van der Waals surface area contributed by atoms with E-state index >= 15 is 0 Å². The van der Waals surface area contributed by atoms with Crippen LogP contribution in [0.1, 0.15) is 28.2 Å². The molecule has 0 spiro atoms. The summed E-state index contributed by atoms with van der Waals surface area (Å²) in [7, 11) is 1.68. The fourth-order valence-electron chi connectivity index (χ4n) is 3.23. The molecule has 1 aromatic heterocycles. The van der Waals surface area contributed by atoms with Gasteiger partial charge in [0.05, 0.1) is 18.8 Å². The summed E-state index contributed by atoms with van der Waals surface area (Å²) < 4.78 is 5.54. The van der Waals surface area contributed by atoms with E-state index in [9.17, 15) is 5.11 Å². The van der Waals surface area contributed by atoms with E-state index in [4.69, 9.17) is 4.74 Å². The van der Waals surface area contributed by atoms with E-state index in [2.05, 4.69) is 28.2 Å². The Morgan fingerprint density at radius 3 is 2.46 bits per heavy atom. The highest BCUT2D eigenvalue weighted by Crippen LogP contribution is 2.36. The minimum atomic E-state index is -0.141. The molecule has 2 atom stereocenters. The fourth-order valence-corrected chi connectivity index (χ4v) is 3.94. The van der Waals surface area contributed by atoms with Crippen LogP contribution in [0.15, 0.2) is 72.1 Å². The standard InChI is InChI=1S/C21H20N2O2S/c1-25-19-10-5-3-8-15(19)21-22-16(14-7-2-4-9-18(14)24)13-17(23-21)20-11-6-12-26-20/h2-13,16,21-24H,1H3. The first-order valence-corrected chi connectivity index (χ1v) is 9.33. The van der Waals surface area contributed by atoms with Gasteiger partial charge < -0.3 is 15.2 Å². The summed E-state index contributed by atoms with van der Waals surface area (Å²) >= 11 is 1.69. The maximum absolute atomic E-state index is 10.3. The molecular weight excluding hydrogens is 344 g/mol. The summed E-state index contributed by atoms with van der Waals surface area (Å²) in [5.41, 5.74) is 2.92. The molecule has 1 aliphatic heterocycles. The maximum atomic E-state index is 10.3. The van der Waals surface area contributed by atoms with Gasteiger partial charge in [0.1, 0.15) is 17.7 Å². The van der Waals surface area contributed by atoms with Crippen LogP contribution < -0.4 is 15.4 Å². The van der Waals surface area contributed by atoms with Crippen LogP contribution in [0.2, 0.25) is 0 Å². The Morgan fingerprint density at radius 1 is 0.962 bits per heavy atom. The topological polar surface area (TPSA) is 53.5 Å². The Bertz CT molecular complexity index is 921. The van der Waals surface area contributed by atoms with Gasteiger partial charge in [0, 0.05) is 16.0 Å². The van der Waals surface area contributed by atoms with Gasteiger partial charge in [0.25, 0.3) is 0 Å². The van der Waals surface area contributed by atoms with Gasteiger partial charge in [-0.05, 0) is 29.7 Å². The molecule has 0 aliphatic carbocycles. The van der Waals surface area contributed by atoms with Crippen LogP contribution in [0, 0.1) is 0 Å². The average molecular weight is 364 g/mol. The lowest BCUT2D eigenvalue weighted by atomic mass is 9.99. The molecule has 0 saturated heterocycles. The Kier molecular flexibility index (Phi) is 4.65. The van der Waals surface area contributed by atoms with Crippen LogP contribution in [0.25, 0.3) is 5.70 Å². The van der Waals surface area contributed by atoms with Crippen LogP contribution in [-0.2, 0) is 0 Å². The molecule has 0 fully saturated rings. The zero-order valence-corrected chi connectivity index (χ0v) is 15.2. The lowest BCUT2D eigenvalue weighted by Gasteiger charge is -2.33. The van der Waals surface area contributed by atoms with Gasteiger partial charge in [-0.1, -0.05) is 42.5 Å². The highest BCUT2D eigenvalue weighted by atomic mass is 32.1. The predicted octanol–water partition coefficient (Wildman–Crippen LogP) is 4.44. The van der Waals surface area contributed by atoms with Crippen molar-refractivity contribution in [3.8, 4) is 11.5 Å². The number of methoxy groups -OCH3 is 1. The number of ether oxygens (including phenoxy) is 1. The molecule has 4 nitrogen and oxygen atoms in total. The SMILES string of the molecule is COc1ccccc1C1NC(c2cccs2)=CC(c2ccccc2O)N1. The molecule has 1 aliphatic rings. The second-order valence-corrected chi connectivity index (χ2v) is 7.03. The van der Waals surface area contributed by atoms with E-state index in [1.807, 2.05) is 48.5 Å². The van der Waals surface area contributed by atoms with E-state index < -0.39 is 0 Å². The lowest BCUT2D eigenvalue weighted by molar-refractivity contribution is 0.379. The van der Waals surface area contributed by atoms with Crippen molar-refractivity contribution in [2.75, 3.05) is 7.11 Å². The van der Waals surface area contributed by atoms with Crippen molar-refractivity contribution in [2.24, 2.45) is 0 Å². The minimum Gasteiger partial charge on any atom is -0.508 e. The predicted molar refractivity (Wildman–Crippen MR) is 105 cm³/mol. The normalized spacial score (nSPS) is 19.5. The molecule has 26 heavy (non-hydrogen) atoms. The molecule has 2 unspecified atom stereocenters. The van der Waals surface area contributed by atoms with Crippen molar-refractivity contribution in [1.29, 1.82) is 0 Å². The number of aromatic hydroxyl groups is 1. The van der Waals surface area contributed by atoms with Crippen LogP contribution >= 0.6 is 11.3 Å². The van der Waals surface area contributed by atoms with E-state index in [-0.39, 0.29) is 18.0 Å². The molecule has 0 amide bonds. The Hall–Kier alpha value is -2.76. The van der Waals surface area contributed by atoms with Crippen molar-refractivity contribution in [3.63, 3.8) is 0 Å². The van der Waals surface area contributed by atoms with Crippen LogP contribution in [0.4, 0.5) is 0 Å². The number of rotatable bonds is 4. The maximum Gasteiger partial charge on any atom is 0.125 e. The quantitative estimate of drug-likeness (QED) is 0.641. The molecule has 2 aromatic carbocycles. The molecule has 4 rings (SSSR count). The van der Waals surface area contributed by atoms with E-state index in [0.717, 1.165) is 27.5 Å². The number of phenols is 1. The van der Waals surface area contributed by atoms with Gasteiger partial charge in [0.15, 0.2) is 0 Å². The summed E-state index contributed by atoms with van der Waals surface area (Å²) in [5.74, 6) is 1.11. The number of hydrogen-bond donors (Lipinski definition) is 3. The van der Waals surface area contributed by atoms with Gasteiger partial charge in [-0.25, -0.2) is 0 Å². The monoisotopic (exact) mass is 364 g/mol. The highest BCUT2D eigenvalue weighted by molar-refractivity contribution is 7.11. The molecule has 0 radical (unpaired) electrons. The zero-order chi connectivity index (χ0) is 17.9. The molecule has 5 heteroatoms. The number of benzene rings is 2. The van der Waals surface area contributed by atoms with Crippen molar-refractivity contribution in [1.82, 2.24) is 10.6 Å². The van der Waals surface area contributed by atoms with Gasteiger partial charge in [-0.2, -0.15) is 0 Å². The number of thiophene rings is 1. The number of nitrogens with one attached hydrogen (secondary N) is 2.